The number of carbonyl (C=O) groups is 1. The van der Waals surface area contributed by atoms with E-state index in [0.717, 1.165) is 11.3 Å². The van der Waals surface area contributed by atoms with Gasteiger partial charge in [0.15, 0.2) is 5.69 Å². The van der Waals surface area contributed by atoms with Crippen LogP contribution >= 0.6 is 0 Å². The van der Waals surface area contributed by atoms with E-state index < -0.39 is 5.97 Å². The standard InChI is InChI=1S/C13H15N3O4/c1-19-10-5-3-9(4-6-10)7-16-12(13(18)20-2)11(8-17)14-15-16/h3-6,17H,7-8H2,1-2H3. The Labute approximate surface area is 115 Å². The molecule has 0 aliphatic heterocycles. The molecule has 7 nitrogen and oxygen atoms in total. The number of rotatable bonds is 5. The molecular formula is C13H15N3O4. The van der Waals surface area contributed by atoms with E-state index in [4.69, 9.17) is 4.74 Å². The molecule has 20 heavy (non-hydrogen) atoms. The summed E-state index contributed by atoms with van der Waals surface area (Å²) in [6.07, 6.45) is 0. The van der Waals surface area contributed by atoms with Gasteiger partial charge in [-0.2, -0.15) is 0 Å². The zero-order valence-electron chi connectivity index (χ0n) is 11.2. The molecule has 0 bridgehead atoms. The predicted molar refractivity (Wildman–Crippen MR) is 69.4 cm³/mol. The van der Waals surface area contributed by atoms with Crippen molar-refractivity contribution in [3.05, 3.63) is 41.2 Å². The van der Waals surface area contributed by atoms with E-state index in [9.17, 15) is 9.90 Å². The number of aliphatic hydroxyl groups is 1. The molecule has 0 saturated carbocycles. The van der Waals surface area contributed by atoms with Crippen molar-refractivity contribution in [3.63, 3.8) is 0 Å². The summed E-state index contributed by atoms with van der Waals surface area (Å²) >= 11 is 0. The van der Waals surface area contributed by atoms with Gasteiger partial charge in [-0.25, -0.2) is 9.48 Å². The summed E-state index contributed by atoms with van der Waals surface area (Å²) in [6.45, 7) is -0.0194. The maximum Gasteiger partial charge on any atom is 0.358 e. The number of esters is 1. The largest absolute Gasteiger partial charge is 0.497 e. The molecule has 7 heteroatoms. The molecule has 0 saturated heterocycles. The molecule has 1 heterocycles. The normalized spacial score (nSPS) is 10.3. The first-order valence-corrected chi connectivity index (χ1v) is 5.94. The number of carbonyl (C=O) groups excluding carboxylic acids is 1. The first-order chi connectivity index (χ1) is 9.69. The van der Waals surface area contributed by atoms with Crippen LogP contribution in [0.25, 0.3) is 0 Å². The summed E-state index contributed by atoms with van der Waals surface area (Å²) in [5.74, 6) is 0.171. The Morgan fingerprint density at radius 3 is 2.55 bits per heavy atom. The fourth-order valence-corrected chi connectivity index (χ4v) is 1.79. The third-order valence-corrected chi connectivity index (χ3v) is 2.82. The summed E-state index contributed by atoms with van der Waals surface area (Å²) in [5, 5.41) is 16.8. The molecule has 2 rings (SSSR count). The zero-order valence-corrected chi connectivity index (χ0v) is 11.2. The van der Waals surface area contributed by atoms with Crippen molar-refractivity contribution in [1.29, 1.82) is 0 Å². The van der Waals surface area contributed by atoms with E-state index in [1.807, 2.05) is 24.3 Å². The average Bonchev–Trinajstić information content (AvgIpc) is 2.90. The zero-order chi connectivity index (χ0) is 14.5. The Morgan fingerprint density at radius 2 is 2.00 bits per heavy atom. The van der Waals surface area contributed by atoms with Crippen LogP contribution in [0.5, 0.6) is 5.75 Å². The number of ether oxygens (including phenoxy) is 2. The molecule has 0 aliphatic carbocycles. The first kappa shape index (κ1) is 14.0. The van der Waals surface area contributed by atoms with Gasteiger partial charge in [0.05, 0.1) is 27.4 Å². The minimum absolute atomic E-state index is 0.158. The summed E-state index contributed by atoms with van der Waals surface area (Å²) < 4.78 is 11.2. The van der Waals surface area contributed by atoms with Gasteiger partial charge in [-0.15, -0.1) is 5.10 Å². The second-order valence-electron chi connectivity index (χ2n) is 4.04. The fourth-order valence-electron chi connectivity index (χ4n) is 1.79. The van der Waals surface area contributed by atoms with Crippen molar-refractivity contribution in [3.8, 4) is 5.75 Å². The Balaban J connectivity index is 2.28. The summed E-state index contributed by atoms with van der Waals surface area (Å²) in [5.41, 5.74) is 1.28. The lowest BCUT2D eigenvalue weighted by Gasteiger charge is -2.06. The van der Waals surface area contributed by atoms with Crippen LogP contribution in [-0.2, 0) is 17.9 Å². The second kappa shape index (κ2) is 6.16. The van der Waals surface area contributed by atoms with E-state index >= 15 is 0 Å². The van der Waals surface area contributed by atoms with Gasteiger partial charge in [-0.1, -0.05) is 17.3 Å². The van der Waals surface area contributed by atoms with Crippen molar-refractivity contribution < 1.29 is 19.4 Å². The van der Waals surface area contributed by atoms with E-state index in [0.29, 0.717) is 6.54 Å². The minimum Gasteiger partial charge on any atom is -0.497 e. The number of nitrogens with zero attached hydrogens (tertiary/aromatic N) is 3. The first-order valence-electron chi connectivity index (χ1n) is 5.94. The smallest absolute Gasteiger partial charge is 0.358 e. The van der Waals surface area contributed by atoms with Gasteiger partial charge in [0, 0.05) is 0 Å². The van der Waals surface area contributed by atoms with Crippen LogP contribution in [-0.4, -0.2) is 40.3 Å². The van der Waals surface area contributed by atoms with Gasteiger partial charge in [-0.3, -0.25) is 0 Å². The highest BCUT2D eigenvalue weighted by Gasteiger charge is 2.20. The maximum atomic E-state index is 11.7. The molecule has 0 atom stereocenters. The molecule has 0 fully saturated rings. The number of benzene rings is 1. The number of hydrogen-bond donors (Lipinski definition) is 1. The summed E-state index contributed by atoms with van der Waals surface area (Å²) in [7, 11) is 2.86. The molecule has 1 aromatic heterocycles. The van der Waals surface area contributed by atoms with Crippen molar-refractivity contribution in [2.75, 3.05) is 14.2 Å². The predicted octanol–water partition coefficient (Wildman–Crippen LogP) is 0.614. The van der Waals surface area contributed by atoms with Crippen molar-refractivity contribution in [1.82, 2.24) is 15.0 Å². The molecule has 0 unspecified atom stereocenters. The third kappa shape index (κ3) is 2.77. The van der Waals surface area contributed by atoms with Crippen LogP contribution < -0.4 is 4.74 Å². The van der Waals surface area contributed by atoms with Gasteiger partial charge in [0.1, 0.15) is 11.4 Å². The molecule has 0 spiro atoms. The SMILES string of the molecule is COC(=O)c1c(CO)nnn1Cc1ccc(OC)cc1. The molecule has 0 radical (unpaired) electrons. The van der Waals surface area contributed by atoms with E-state index in [-0.39, 0.29) is 18.0 Å². The van der Waals surface area contributed by atoms with Crippen molar-refractivity contribution in [2.45, 2.75) is 13.2 Å². The maximum absolute atomic E-state index is 11.7. The van der Waals surface area contributed by atoms with Gasteiger partial charge >= 0.3 is 5.97 Å². The highest BCUT2D eigenvalue weighted by Crippen LogP contribution is 2.14. The number of methoxy groups -OCH3 is 2. The highest BCUT2D eigenvalue weighted by molar-refractivity contribution is 5.88. The molecule has 1 aromatic carbocycles. The fraction of sp³-hybridized carbons (Fsp3) is 0.308. The minimum atomic E-state index is -0.576. The molecule has 2 aromatic rings. The molecule has 0 aliphatic rings. The average molecular weight is 277 g/mol. The number of hydrogen-bond acceptors (Lipinski definition) is 6. The summed E-state index contributed by atoms with van der Waals surface area (Å²) in [4.78, 5) is 11.7. The van der Waals surface area contributed by atoms with Gasteiger partial charge in [0.25, 0.3) is 0 Å². The Hall–Kier alpha value is -2.41. The van der Waals surface area contributed by atoms with Crippen LogP contribution in [0, 0.1) is 0 Å². The summed E-state index contributed by atoms with van der Waals surface area (Å²) in [6, 6.07) is 7.36. The van der Waals surface area contributed by atoms with Gasteiger partial charge in [-0.05, 0) is 17.7 Å². The van der Waals surface area contributed by atoms with Gasteiger partial charge < -0.3 is 14.6 Å². The lowest BCUT2D eigenvalue weighted by atomic mass is 10.2. The van der Waals surface area contributed by atoms with Crippen LogP contribution in [0.1, 0.15) is 21.7 Å². The highest BCUT2D eigenvalue weighted by atomic mass is 16.5. The lowest BCUT2D eigenvalue weighted by Crippen LogP contribution is -2.14. The molecule has 106 valence electrons. The van der Waals surface area contributed by atoms with Crippen LogP contribution in [0.3, 0.4) is 0 Å². The van der Waals surface area contributed by atoms with E-state index in [1.54, 1.807) is 7.11 Å². The van der Waals surface area contributed by atoms with E-state index in [2.05, 4.69) is 15.0 Å². The van der Waals surface area contributed by atoms with E-state index in [1.165, 1.54) is 11.8 Å². The lowest BCUT2D eigenvalue weighted by molar-refractivity contribution is 0.0583. The number of aromatic nitrogens is 3. The molecule has 1 N–H and O–H groups in total. The monoisotopic (exact) mass is 277 g/mol. The second-order valence-corrected chi connectivity index (χ2v) is 4.04. The quantitative estimate of drug-likeness (QED) is 0.806. The number of aliphatic hydroxyl groups excluding tert-OH is 1. The topological polar surface area (TPSA) is 86.5 Å². The van der Waals surface area contributed by atoms with Crippen LogP contribution in [0.4, 0.5) is 0 Å². The molecular weight excluding hydrogens is 262 g/mol. The van der Waals surface area contributed by atoms with Crippen molar-refractivity contribution >= 4 is 5.97 Å². The van der Waals surface area contributed by atoms with Crippen LogP contribution in [0.15, 0.2) is 24.3 Å². The Kier molecular flexibility index (Phi) is 4.31. The molecule has 0 amide bonds. The van der Waals surface area contributed by atoms with Crippen molar-refractivity contribution in [2.24, 2.45) is 0 Å². The third-order valence-electron chi connectivity index (χ3n) is 2.82. The van der Waals surface area contributed by atoms with Gasteiger partial charge in [0.2, 0.25) is 0 Å². The van der Waals surface area contributed by atoms with Crippen LogP contribution in [0.2, 0.25) is 0 Å². The Morgan fingerprint density at radius 1 is 1.30 bits per heavy atom. The Bertz CT molecular complexity index is 592.